The molecule has 0 saturated heterocycles. The summed E-state index contributed by atoms with van der Waals surface area (Å²) in [4.78, 5) is 0.140. The second-order valence-electron chi connectivity index (χ2n) is 4.92. The lowest BCUT2D eigenvalue weighted by molar-refractivity contribution is 0.319. The molecule has 2 aromatic rings. The van der Waals surface area contributed by atoms with Crippen molar-refractivity contribution in [3.8, 4) is 5.75 Å². The van der Waals surface area contributed by atoms with E-state index in [1.54, 1.807) is 31.2 Å². The summed E-state index contributed by atoms with van der Waals surface area (Å²) >= 11 is 0. The summed E-state index contributed by atoms with van der Waals surface area (Å²) in [6.45, 7) is 3.67. The number of phenolic OH excluding ortho intramolecular Hbond substituents is 1. The molecule has 0 aromatic heterocycles. The van der Waals surface area contributed by atoms with Gasteiger partial charge in [-0.15, -0.1) is 0 Å². The number of phenols is 1. The van der Waals surface area contributed by atoms with Crippen LogP contribution >= 0.6 is 0 Å². The van der Waals surface area contributed by atoms with Crippen LogP contribution in [-0.2, 0) is 20.7 Å². The van der Waals surface area contributed by atoms with Crippen molar-refractivity contribution in [1.29, 1.82) is 0 Å². The second kappa shape index (κ2) is 6.28. The SMILES string of the molecule is Cc1ccc(S(=O)(=O)OCCc2cccc(C)c2O)cc1. The van der Waals surface area contributed by atoms with Crippen molar-refractivity contribution >= 4 is 10.1 Å². The third-order valence-corrected chi connectivity index (χ3v) is 4.57. The quantitative estimate of drug-likeness (QED) is 0.863. The lowest BCUT2D eigenvalue weighted by Gasteiger charge is -2.08. The fourth-order valence-corrected chi connectivity index (χ4v) is 2.86. The van der Waals surface area contributed by atoms with Gasteiger partial charge in [-0.2, -0.15) is 8.42 Å². The van der Waals surface area contributed by atoms with Gasteiger partial charge in [-0.3, -0.25) is 4.18 Å². The Labute approximate surface area is 125 Å². The third-order valence-electron chi connectivity index (χ3n) is 3.24. The average Bonchev–Trinajstić information content (AvgIpc) is 2.44. The molecule has 0 aliphatic carbocycles. The van der Waals surface area contributed by atoms with E-state index in [1.165, 1.54) is 12.1 Å². The fraction of sp³-hybridized carbons (Fsp3) is 0.250. The first-order chi connectivity index (χ1) is 9.90. The van der Waals surface area contributed by atoms with Crippen LogP contribution in [0.2, 0.25) is 0 Å². The second-order valence-corrected chi connectivity index (χ2v) is 6.54. The predicted molar refractivity (Wildman–Crippen MR) is 80.9 cm³/mol. The Hall–Kier alpha value is -1.85. The Morgan fingerprint density at radius 1 is 1.05 bits per heavy atom. The van der Waals surface area contributed by atoms with Crippen LogP contribution < -0.4 is 0 Å². The Balaban J connectivity index is 2.02. The number of benzene rings is 2. The lowest BCUT2D eigenvalue weighted by atomic mass is 10.1. The molecule has 2 aromatic carbocycles. The molecule has 0 heterocycles. The van der Waals surface area contributed by atoms with Crippen LogP contribution in [0.5, 0.6) is 5.75 Å². The minimum absolute atomic E-state index is 0.00672. The van der Waals surface area contributed by atoms with Gasteiger partial charge in [-0.25, -0.2) is 0 Å². The molecule has 112 valence electrons. The Kier molecular flexibility index (Phi) is 4.65. The molecule has 0 fully saturated rings. The molecule has 0 radical (unpaired) electrons. The van der Waals surface area contributed by atoms with Crippen LogP contribution in [0.4, 0.5) is 0 Å². The number of hydrogen-bond donors (Lipinski definition) is 1. The molecule has 0 amide bonds. The molecule has 0 aliphatic rings. The summed E-state index contributed by atoms with van der Waals surface area (Å²) in [5, 5.41) is 9.87. The lowest BCUT2D eigenvalue weighted by Crippen LogP contribution is -2.09. The average molecular weight is 306 g/mol. The van der Waals surface area contributed by atoms with Crippen molar-refractivity contribution < 1.29 is 17.7 Å². The fourth-order valence-electron chi connectivity index (χ4n) is 1.96. The predicted octanol–water partition coefficient (Wildman–Crippen LogP) is 2.96. The van der Waals surface area contributed by atoms with Gasteiger partial charge in [0.2, 0.25) is 0 Å². The zero-order valence-corrected chi connectivity index (χ0v) is 12.9. The highest BCUT2D eigenvalue weighted by Crippen LogP contribution is 2.22. The van der Waals surface area contributed by atoms with E-state index in [2.05, 4.69) is 0 Å². The highest BCUT2D eigenvalue weighted by molar-refractivity contribution is 7.86. The topological polar surface area (TPSA) is 63.6 Å². The van der Waals surface area contributed by atoms with Crippen molar-refractivity contribution in [2.75, 3.05) is 6.61 Å². The zero-order chi connectivity index (χ0) is 15.5. The van der Waals surface area contributed by atoms with Crippen LogP contribution in [0.25, 0.3) is 0 Å². The molecular formula is C16H18O4S. The van der Waals surface area contributed by atoms with Gasteiger partial charge in [-0.05, 0) is 37.1 Å². The van der Waals surface area contributed by atoms with Gasteiger partial charge >= 0.3 is 0 Å². The first-order valence-electron chi connectivity index (χ1n) is 6.64. The Bertz CT molecular complexity index is 718. The standard InChI is InChI=1S/C16H18O4S/c1-12-6-8-15(9-7-12)21(18,19)20-11-10-14-5-3-4-13(2)16(14)17/h3-9,17H,10-11H2,1-2H3. The van der Waals surface area contributed by atoms with Crippen molar-refractivity contribution in [2.24, 2.45) is 0 Å². The maximum Gasteiger partial charge on any atom is 0.296 e. The minimum atomic E-state index is -3.75. The molecule has 0 bridgehead atoms. The summed E-state index contributed by atoms with van der Waals surface area (Å²) in [6.07, 6.45) is 0.332. The Morgan fingerprint density at radius 3 is 2.38 bits per heavy atom. The number of aromatic hydroxyl groups is 1. The van der Waals surface area contributed by atoms with Gasteiger partial charge in [0.25, 0.3) is 10.1 Å². The van der Waals surface area contributed by atoms with Gasteiger partial charge < -0.3 is 5.11 Å². The first kappa shape index (κ1) is 15.5. The zero-order valence-electron chi connectivity index (χ0n) is 12.0. The third kappa shape index (κ3) is 3.83. The van der Waals surface area contributed by atoms with Gasteiger partial charge in [0.15, 0.2) is 0 Å². The summed E-state index contributed by atoms with van der Waals surface area (Å²) < 4.78 is 29.0. The van der Waals surface area contributed by atoms with Gasteiger partial charge in [-0.1, -0.05) is 35.9 Å². The van der Waals surface area contributed by atoms with Crippen LogP contribution in [0.1, 0.15) is 16.7 Å². The van der Waals surface area contributed by atoms with E-state index in [4.69, 9.17) is 4.18 Å². The minimum Gasteiger partial charge on any atom is -0.507 e. The smallest absolute Gasteiger partial charge is 0.296 e. The summed E-state index contributed by atoms with van der Waals surface area (Å²) in [5.74, 6) is 0.189. The maximum absolute atomic E-state index is 12.0. The van der Waals surface area contributed by atoms with Crippen molar-refractivity contribution in [3.05, 3.63) is 59.2 Å². The van der Waals surface area contributed by atoms with Crippen LogP contribution in [0.3, 0.4) is 0 Å². The van der Waals surface area contributed by atoms with E-state index in [1.807, 2.05) is 13.0 Å². The van der Waals surface area contributed by atoms with Crippen LogP contribution in [0.15, 0.2) is 47.4 Å². The summed E-state index contributed by atoms with van der Waals surface area (Å²) in [7, 11) is -3.75. The molecule has 0 atom stereocenters. The summed E-state index contributed by atoms with van der Waals surface area (Å²) in [6, 6.07) is 11.9. The number of aryl methyl sites for hydroxylation is 2. The molecule has 0 spiro atoms. The van der Waals surface area contributed by atoms with Crippen molar-refractivity contribution in [2.45, 2.75) is 25.2 Å². The maximum atomic E-state index is 12.0. The number of rotatable bonds is 5. The number of para-hydroxylation sites is 1. The molecule has 4 nitrogen and oxygen atoms in total. The van der Waals surface area contributed by atoms with Crippen molar-refractivity contribution in [1.82, 2.24) is 0 Å². The van der Waals surface area contributed by atoms with Crippen molar-refractivity contribution in [3.63, 3.8) is 0 Å². The highest BCUT2D eigenvalue weighted by Gasteiger charge is 2.15. The van der Waals surface area contributed by atoms with Gasteiger partial charge in [0, 0.05) is 6.42 Å². The monoisotopic (exact) mass is 306 g/mol. The van der Waals surface area contributed by atoms with E-state index < -0.39 is 10.1 Å². The van der Waals surface area contributed by atoms with Crippen LogP contribution in [-0.4, -0.2) is 20.1 Å². The molecule has 5 heteroatoms. The Morgan fingerprint density at radius 2 is 1.71 bits per heavy atom. The van der Waals surface area contributed by atoms with E-state index >= 15 is 0 Å². The summed E-state index contributed by atoms with van der Waals surface area (Å²) in [5.41, 5.74) is 2.42. The van der Waals surface area contributed by atoms with E-state index in [9.17, 15) is 13.5 Å². The highest BCUT2D eigenvalue weighted by atomic mass is 32.2. The van der Waals surface area contributed by atoms with Gasteiger partial charge in [0.1, 0.15) is 5.75 Å². The molecule has 1 N–H and O–H groups in total. The molecule has 21 heavy (non-hydrogen) atoms. The molecule has 0 unspecified atom stereocenters. The molecule has 2 rings (SSSR count). The van der Waals surface area contributed by atoms with Crippen LogP contribution in [0, 0.1) is 13.8 Å². The number of hydrogen-bond acceptors (Lipinski definition) is 4. The normalized spacial score (nSPS) is 11.5. The van der Waals surface area contributed by atoms with E-state index in [-0.39, 0.29) is 17.3 Å². The largest absolute Gasteiger partial charge is 0.507 e. The molecular weight excluding hydrogens is 288 g/mol. The first-order valence-corrected chi connectivity index (χ1v) is 8.04. The molecule has 0 aliphatic heterocycles. The van der Waals surface area contributed by atoms with Gasteiger partial charge in [0.05, 0.1) is 11.5 Å². The van der Waals surface area contributed by atoms with E-state index in [0.29, 0.717) is 12.0 Å². The van der Waals surface area contributed by atoms with E-state index in [0.717, 1.165) is 11.1 Å². The molecule has 0 saturated carbocycles.